The molecular weight excluding hydrogens is 206 g/mol. The van der Waals surface area contributed by atoms with Crippen LogP contribution in [-0.2, 0) is 5.11 Å². The summed E-state index contributed by atoms with van der Waals surface area (Å²) in [4.78, 5) is 10.3. The highest BCUT2D eigenvalue weighted by Gasteiger charge is 2.16. The van der Waals surface area contributed by atoms with Gasteiger partial charge in [-0.2, -0.15) is 0 Å². The van der Waals surface area contributed by atoms with Crippen LogP contribution in [0, 0.1) is 10.1 Å². The molecule has 4 heteroatoms. The van der Waals surface area contributed by atoms with Gasteiger partial charge in [0.05, 0.1) is 10.5 Å². The quantitative estimate of drug-likeness (QED) is 0.568. The maximum Gasteiger partial charge on any atom is 0.277 e. The Morgan fingerprint density at radius 3 is 2.06 bits per heavy atom. The maximum absolute atomic E-state index is 11.6. The summed E-state index contributed by atoms with van der Waals surface area (Å²) in [5.74, 6) is -0.211. The molecule has 2 aromatic carbocycles. The molecular formula is C12H8NO3. The molecule has 0 atom stereocenters. The summed E-state index contributed by atoms with van der Waals surface area (Å²) < 4.78 is 0. The average molecular weight is 214 g/mol. The first-order valence-electron chi connectivity index (χ1n) is 4.70. The van der Waals surface area contributed by atoms with E-state index in [0.717, 1.165) is 0 Å². The molecule has 0 bridgehead atoms. The number of hydrogen-bond acceptors (Lipinski definition) is 2. The van der Waals surface area contributed by atoms with Crippen molar-refractivity contribution in [2.75, 3.05) is 0 Å². The van der Waals surface area contributed by atoms with Gasteiger partial charge in [0.25, 0.3) is 5.69 Å². The van der Waals surface area contributed by atoms with Gasteiger partial charge in [0, 0.05) is 11.6 Å². The van der Waals surface area contributed by atoms with Crippen molar-refractivity contribution in [3.63, 3.8) is 0 Å². The monoisotopic (exact) mass is 214 g/mol. The number of para-hydroxylation sites is 2. The van der Waals surface area contributed by atoms with E-state index < -0.39 is 4.92 Å². The van der Waals surface area contributed by atoms with Crippen LogP contribution in [0.25, 0.3) is 11.1 Å². The SMILES string of the molecule is [O]c1ccccc1-c1ccccc1[N+](=O)[O-]. The van der Waals surface area contributed by atoms with Crippen molar-refractivity contribution >= 4 is 5.69 Å². The Labute approximate surface area is 91.9 Å². The molecule has 0 unspecified atom stereocenters. The number of hydrogen-bond donors (Lipinski definition) is 0. The maximum atomic E-state index is 11.6. The normalized spacial score (nSPS) is 10.0. The Hall–Kier alpha value is -2.36. The first-order valence-corrected chi connectivity index (χ1v) is 4.70. The zero-order valence-electron chi connectivity index (χ0n) is 8.29. The molecule has 0 N–H and O–H groups in total. The highest BCUT2D eigenvalue weighted by Crippen LogP contribution is 2.35. The van der Waals surface area contributed by atoms with Crippen LogP contribution < -0.4 is 0 Å². The lowest BCUT2D eigenvalue weighted by Crippen LogP contribution is -1.91. The lowest BCUT2D eigenvalue weighted by atomic mass is 10.0. The first kappa shape index (κ1) is 10.2. The molecule has 0 spiro atoms. The molecule has 0 aliphatic rings. The van der Waals surface area contributed by atoms with Gasteiger partial charge >= 0.3 is 0 Å². The standard InChI is InChI=1S/C12H8NO3/c14-12-8-4-2-6-10(12)9-5-1-3-7-11(9)13(15)16/h1-8H. The van der Waals surface area contributed by atoms with Crippen molar-refractivity contribution in [2.24, 2.45) is 0 Å². The van der Waals surface area contributed by atoms with E-state index in [1.807, 2.05) is 0 Å². The van der Waals surface area contributed by atoms with E-state index in [1.54, 1.807) is 36.4 Å². The number of nitro groups is 1. The van der Waals surface area contributed by atoms with Crippen molar-refractivity contribution in [1.82, 2.24) is 0 Å². The van der Waals surface area contributed by atoms with E-state index in [-0.39, 0.29) is 11.4 Å². The average Bonchev–Trinajstić information content (AvgIpc) is 2.29. The van der Waals surface area contributed by atoms with Gasteiger partial charge in [0.2, 0.25) is 0 Å². The van der Waals surface area contributed by atoms with Gasteiger partial charge in [-0.15, -0.1) is 0 Å². The van der Waals surface area contributed by atoms with Gasteiger partial charge in [-0.1, -0.05) is 30.3 Å². The summed E-state index contributed by atoms with van der Waals surface area (Å²) in [6.45, 7) is 0. The molecule has 0 saturated heterocycles. The Kier molecular flexibility index (Phi) is 2.55. The minimum atomic E-state index is -0.484. The Balaban J connectivity index is 2.65. The molecule has 4 nitrogen and oxygen atoms in total. The van der Waals surface area contributed by atoms with Gasteiger partial charge in [-0.05, 0) is 12.1 Å². The van der Waals surface area contributed by atoms with Crippen LogP contribution in [-0.4, -0.2) is 4.92 Å². The fourth-order valence-electron chi connectivity index (χ4n) is 1.55. The summed E-state index contributed by atoms with van der Waals surface area (Å²) >= 11 is 0. The molecule has 0 aliphatic heterocycles. The first-order chi connectivity index (χ1) is 7.70. The predicted molar refractivity (Wildman–Crippen MR) is 58.7 cm³/mol. The van der Waals surface area contributed by atoms with Crippen LogP contribution in [0.4, 0.5) is 5.69 Å². The van der Waals surface area contributed by atoms with Crippen LogP contribution >= 0.6 is 0 Å². The third kappa shape index (κ3) is 1.72. The zero-order chi connectivity index (χ0) is 11.5. The van der Waals surface area contributed by atoms with E-state index in [1.165, 1.54) is 12.1 Å². The van der Waals surface area contributed by atoms with Crippen LogP contribution in [0.15, 0.2) is 48.5 Å². The molecule has 1 radical (unpaired) electrons. The molecule has 2 aromatic rings. The minimum Gasteiger partial charge on any atom is -0.289 e. The van der Waals surface area contributed by atoms with E-state index in [9.17, 15) is 15.2 Å². The Morgan fingerprint density at radius 2 is 1.44 bits per heavy atom. The third-order valence-electron chi connectivity index (χ3n) is 2.28. The van der Waals surface area contributed by atoms with Crippen LogP contribution in [0.5, 0.6) is 5.75 Å². The summed E-state index contributed by atoms with van der Waals surface area (Å²) in [7, 11) is 0. The van der Waals surface area contributed by atoms with Crippen LogP contribution in [0.1, 0.15) is 0 Å². The lowest BCUT2D eigenvalue weighted by Gasteiger charge is -2.03. The summed E-state index contributed by atoms with van der Waals surface area (Å²) in [6.07, 6.45) is 0. The molecule has 0 heterocycles. The highest BCUT2D eigenvalue weighted by atomic mass is 16.6. The van der Waals surface area contributed by atoms with Crippen molar-refractivity contribution in [2.45, 2.75) is 0 Å². The third-order valence-corrected chi connectivity index (χ3v) is 2.28. The molecule has 2 rings (SSSR count). The van der Waals surface area contributed by atoms with Gasteiger partial charge in [-0.3, -0.25) is 15.2 Å². The lowest BCUT2D eigenvalue weighted by molar-refractivity contribution is -0.384. The van der Waals surface area contributed by atoms with Gasteiger partial charge in [-0.25, -0.2) is 0 Å². The van der Waals surface area contributed by atoms with E-state index in [0.29, 0.717) is 11.1 Å². The van der Waals surface area contributed by atoms with Crippen molar-refractivity contribution < 1.29 is 10.0 Å². The fourth-order valence-corrected chi connectivity index (χ4v) is 1.55. The molecule has 0 amide bonds. The van der Waals surface area contributed by atoms with Crippen molar-refractivity contribution in [1.29, 1.82) is 0 Å². The largest absolute Gasteiger partial charge is 0.289 e. The number of rotatable bonds is 2. The highest BCUT2D eigenvalue weighted by molar-refractivity contribution is 5.77. The van der Waals surface area contributed by atoms with E-state index in [4.69, 9.17) is 0 Å². The number of nitrogens with zero attached hydrogens (tertiary/aromatic N) is 1. The molecule has 79 valence electrons. The fraction of sp³-hybridized carbons (Fsp3) is 0. The van der Waals surface area contributed by atoms with Crippen molar-refractivity contribution in [3.05, 3.63) is 58.6 Å². The summed E-state index contributed by atoms with van der Waals surface area (Å²) in [6, 6.07) is 12.5. The molecule has 0 aromatic heterocycles. The number of benzene rings is 2. The predicted octanol–water partition coefficient (Wildman–Crippen LogP) is 3.41. The smallest absolute Gasteiger partial charge is 0.277 e. The molecule has 0 aliphatic carbocycles. The van der Waals surface area contributed by atoms with Gasteiger partial charge in [0.1, 0.15) is 0 Å². The molecule has 0 saturated carbocycles. The topological polar surface area (TPSA) is 63.0 Å². The second-order valence-electron chi connectivity index (χ2n) is 3.27. The zero-order valence-corrected chi connectivity index (χ0v) is 8.29. The summed E-state index contributed by atoms with van der Waals surface area (Å²) in [5.41, 5.74) is 0.665. The van der Waals surface area contributed by atoms with Crippen LogP contribution in [0.2, 0.25) is 0 Å². The Morgan fingerprint density at radius 1 is 0.875 bits per heavy atom. The number of nitro benzene ring substituents is 1. The molecule has 0 fully saturated rings. The van der Waals surface area contributed by atoms with Gasteiger partial charge in [0.15, 0.2) is 5.75 Å². The summed E-state index contributed by atoms with van der Waals surface area (Å²) in [5, 5.41) is 22.4. The Bertz CT molecular complexity index is 537. The second kappa shape index (κ2) is 4.02. The van der Waals surface area contributed by atoms with Gasteiger partial charge < -0.3 is 0 Å². The van der Waals surface area contributed by atoms with E-state index in [2.05, 4.69) is 0 Å². The van der Waals surface area contributed by atoms with Crippen molar-refractivity contribution in [3.8, 4) is 16.9 Å². The van der Waals surface area contributed by atoms with E-state index >= 15 is 0 Å². The minimum absolute atomic E-state index is 0.0502. The van der Waals surface area contributed by atoms with Crippen LogP contribution in [0.3, 0.4) is 0 Å². The molecule has 16 heavy (non-hydrogen) atoms. The second-order valence-corrected chi connectivity index (χ2v) is 3.27.